The predicted molar refractivity (Wildman–Crippen MR) is 88.7 cm³/mol. The van der Waals surface area contributed by atoms with Gasteiger partial charge in [-0.15, -0.1) is 0 Å². The fraction of sp³-hybridized carbons (Fsp3) is 0.444. The van der Waals surface area contributed by atoms with Crippen LogP contribution in [0.3, 0.4) is 0 Å². The van der Waals surface area contributed by atoms with Crippen LogP contribution in [0.2, 0.25) is 0 Å². The third kappa shape index (κ3) is 3.21. The van der Waals surface area contributed by atoms with Gasteiger partial charge in [0.2, 0.25) is 0 Å². The van der Waals surface area contributed by atoms with Gasteiger partial charge in [-0.05, 0) is 50.3 Å². The van der Waals surface area contributed by atoms with Gasteiger partial charge >= 0.3 is 0 Å². The maximum Gasteiger partial charge on any atom is 0.132 e. The Bertz CT molecular complexity index is 628. The molecule has 4 nitrogen and oxygen atoms in total. The number of ether oxygens (including phenoxy) is 1. The molecule has 1 aliphatic heterocycles. The first-order valence-electron chi connectivity index (χ1n) is 7.87. The number of anilines is 1. The second-order valence-corrected chi connectivity index (χ2v) is 5.95. The van der Waals surface area contributed by atoms with Crippen molar-refractivity contribution in [1.29, 1.82) is 0 Å². The Labute approximate surface area is 132 Å². The molecule has 0 aliphatic carbocycles. The van der Waals surface area contributed by atoms with Gasteiger partial charge in [0.25, 0.3) is 0 Å². The third-order valence-electron chi connectivity index (χ3n) is 4.34. The first-order valence-corrected chi connectivity index (χ1v) is 7.87. The zero-order valence-electron chi connectivity index (χ0n) is 13.5. The van der Waals surface area contributed by atoms with Crippen LogP contribution < -0.4 is 9.64 Å². The van der Waals surface area contributed by atoms with Crippen molar-refractivity contribution in [3.63, 3.8) is 0 Å². The highest BCUT2D eigenvalue weighted by atomic mass is 16.5. The Hall–Kier alpha value is -2.10. The lowest BCUT2D eigenvalue weighted by atomic mass is 9.89. The van der Waals surface area contributed by atoms with E-state index in [-0.39, 0.29) is 0 Å². The molecule has 1 aromatic carbocycles. The van der Waals surface area contributed by atoms with Gasteiger partial charge in [0.1, 0.15) is 17.4 Å². The predicted octanol–water partition coefficient (Wildman–Crippen LogP) is 3.49. The number of rotatable bonds is 3. The Balaban J connectivity index is 1.69. The molecule has 22 heavy (non-hydrogen) atoms. The topological polar surface area (TPSA) is 38.2 Å². The van der Waals surface area contributed by atoms with Crippen molar-refractivity contribution in [2.45, 2.75) is 32.6 Å². The van der Waals surface area contributed by atoms with Crippen molar-refractivity contribution in [2.75, 3.05) is 25.1 Å². The van der Waals surface area contributed by atoms with Gasteiger partial charge in [-0.25, -0.2) is 9.97 Å². The van der Waals surface area contributed by atoms with Gasteiger partial charge in [-0.2, -0.15) is 0 Å². The van der Waals surface area contributed by atoms with Crippen LogP contribution in [0, 0.1) is 13.8 Å². The average Bonchev–Trinajstić information content (AvgIpc) is 2.54. The van der Waals surface area contributed by atoms with E-state index < -0.39 is 0 Å². The Morgan fingerprint density at radius 3 is 2.55 bits per heavy atom. The first kappa shape index (κ1) is 14.8. The number of nitrogens with zero attached hydrogens (tertiary/aromatic N) is 3. The third-order valence-corrected chi connectivity index (χ3v) is 4.34. The molecule has 0 radical (unpaired) electrons. The number of aryl methyl sites for hydroxylation is 2. The van der Waals surface area contributed by atoms with Crippen molar-refractivity contribution in [3.8, 4) is 5.75 Å². The summed E-state index contributed by atoms with van der Waals surface area (Å²) in [4.78, 5) is 11.3. The SMILES string of the molecule is COc1cccc(C2CCN(c3cc(C)nc(C)n3)CC2)c1. The lowest BCUT2D eigenvalue weighted by Gasteiger charge is -2.33. The van der Waals surface area contributed by atoms with E-state index in [2.05, 4.69) is 39.1 Å². The molecule has 0 amide bonds. The summed E-state index contributed by atoms with van der Waals surface area (Å²) in [6, 6.07) is 10.5. The summed E-state index contributed by atoms with van der Waals surface area (Å²) >= 11 is 0. The summed E-state index contributed by atoms with van der Waals surface area (Å²) in [5, 5.41) is 0. The highest BCUT2D eigenvalue weighted by Crippen LogP contribution is 2.31. The number of methoxy groups -OCH3 is 1. The van der Waals surface area contributed by atoms with E-state index in [1.807, 2.05) is 19.9 Å². The van der Waals surface area contributed by atoms with Crippen molar-refractivity contribution < 1.29 is 4.74 Å². The zero-order chi connectivity index (χ0) is 15.5. The second-order valence-electron chi connectivity index (χ2n) is 5.95. The summed E-state index contributed by atoms with van der Waals surface area (Å²) in [6.07, 6.45) is 2.30. The van der Waals surface area contributed by atoms with Crippen LogP contribution in [0.15, 0.2) is 30.3 Å². The summed E-state index contributed by atoms with van der Waals surface area (Å²) in [7, 11) is 1.72. The summed E-state index contributed by atoms with van der Waals surface area (Å²) in [5.41, 5.74) is 2.42. The van der Waals surface area contributed by atoms with Crippen molar-refractivity contribution >= 4 is 5.82 Å². The first-order chi connectivity index (χ1) is 10.7. The number of piperidine rings is 1. The van der Waals surface area contributed by atoms with Crippen LogP contribution in [0.5, 0.6) is 5.75 Å². The number of aromatic nitrogens is 2. The minimum atomic E-state index is 0.607. The normalized spacial score (nSPS) is 15.9. The molecule has 116 valence electrons. The molecular formula is C18H23N3O. The monoisotopic (exact) mass is 297 g/mol. The molecule has 4 heteroatoms. The van der Waals surface area contributed by atoms with Crippen LogP contribution in [0.4, 0.5) is 5.82 Å². The largest absolute Gasteiger partial charge is 0.497 e. The standard InChI is InChI=1S/C18H23N3O/c1-13-11-18(20-14(2)19-13)21-9-7-15(8-10-21)16-5-4-6-17(12-16)22-3/h4-6,11-12,15H,7-10H2,1-3H3. The molecule has 1 aliphatic rings. The summed E-state index contributed by atoms with van der Waals surface area (Å²) in [5.74, 6) is 3.47. The quantitative estimate of drug-likeness (QED) is 0.869. The van der Waals surface area contributed by atoms with E-state index in [9.17, 15) is 0 Å². The van der Waals surface area contributed by atoms with Crippen LogP contribution in [-0.4, -0.2) is 30.2 Å². The Kier molecular flexibility index (Phi) is 4.27. The van der Waals surface area contributed by atoms with E-state index >= 15 is 0 Å². The Morgan fingerprint density at radius 1 is 1.09 bits per heavy atom. The molecule has 0 saturated carbocycles. The van der Waals surface area contributed by atoms with Crippen molar-refractivity contribution in [3.05, 3.63) is 47.4 Å². The van der Waals surface area contributed by atoms with Gasteiger partial charge in [0, 0.05) is 24.8 Å². The van der Waals surface area contributed by atoms with E-state index in [1.54, 1.807) is 7.11 Å². The molecular weight excluding hydrogens is 274 g/mol. The fourth-order valence-electron chi connectivity index (χ4n) is 3.20. The Morgan fingerprint density at radius 2 is 1.86 bits per heavy atom. The molecule has 0 unspecified atom stereocenters. The fourth-order valence-corrected chi connectivity index (χ4v) is 3.20. The molecule has 1 aromatic heterocycles. The maximum atomic E-state index is 5.34. The lowest BCUT2D eigenvalue weighted by molar-refractivity contribution is 0.412. The van der Waals surface area contributed by atoms with E-state index in [0.717, 1.165) is 49.0 Å². The molecule has 2 aromatic rings. The van der Waals surface area contributed by atoms with Gasteiger partial charge in [0.05, 0.1) is 7.11 Å². The summed E-state index contributed by atoms with van der Waals surface area (Å²) in [6.45, 7) is 6.07. The van der Waals surface area contributed by atoms with Crippen LogP contribution in [-0.2, 0) is 0 Å². The highest BCUT2D eigenvalue weighted by Gasteiger charge is 2.22. The smallest absolute Gasteiger partial charge is 0.132 e. The van der Waals surface area contributed by atoms with Crippen LogP contribution in [0.25, 0.3) is 0 Å². The van der Waals surface area contributed by atoms with E-state index in [1.165, 1.54) is 5.56 Å². The molecule has 1 fully saturated rings. The minimum Gasteiger partial charge on any atom is -0.497 e. The zero-order valence-corrected chi connectivity index (χ0v) is 13.5. The molecule has 0 N–H and O–H groups in total. The van der Waals surface area contributed by atoms with Gasteiger partial charge in [-0.1, -0.05) is 12.1 Å². The van der Waals surface area contributed by atoms with Crippen LogP contribution >= 0.6 is 0 Å². The summed E-state index contributed by atoms with van der Waals surface area (Å²) < 4.78 is 5.34. The molecule has 0 spiro atoms. The van der Waals surface area contributed by atoms with Crippen molar-refractivity contribution in [2.24, 2.45) is 0 Å². The number of hydrogen-bond donors (Lipinski definition) is 0. The number of benzene rings is 1. The average molecular weight is 297 g/mol. The maximum absolute atomic E-state index is 5.34. The number of hydrogen-bond acceptors (Lipinski definition) is 4. The molecule has 3 rings (SSSR count). The van der Waals surface area contributed by atoms with Gasteiger partial charge in [-0.3, -0.25) is 0 Å². The molecule has 2 heterocycles. The van der Waals surface area contributed by atoms with E-state index in [0.29, 0.717) is 5.92 Å². The van der Waals surface area contributed by atoms with Crippen LogP contribution in [0.1, 0.15) is 35.8 Å². The van der Waals surface area contributed by atoms with Gasteiger partial charge in [0.15, 0.2) is 0 Å². The second kappa shape index (κ2) is 6.34. The molecule has 0 atom stereocenters. The highest BCUT2D eigenvalue weighted by molar-refractivity contribution is 5.41. The van der Waals surface area contributed by atoms with Crippen molar-refractivity contribution in [1.82, 2.24) is 9.97 Å². The molecule has 1 saturated heterocycles. The molecule has 0 bridgehead atoms. The van der Waals surface area contributed by atoms with Gasteiger partial charge < -0.3 is 9.64 Å². The lowest BCUT2D eigenvalue weighted by Crippen LogP contribution is -2.33. The van der Waals surface area contributed by atoms with E-state index in [4.69, 9.17) is 4.74 Å². The minimum absolute atomic E-state index is 0.607.